The first kappa shape index (κ1) is 13.8. The summed E-state index contributed by atoms with van der Waals surface area (Å²) < 4.78 is 1.63. The normalized spacial score (nSPS) is 12.2. The van der Waals surface area contributed by atoms with Crippen molar-refractivity contribution in [1.82, 2.24) is 14.8 Å². The molecule has 0 aliphatic rings. The van der Waals surface area contributed by atoms with Crippen LogP contribution in [-0.4, -0.2) is 20.7 Å². The molecule has 0 radical (unpaired) electrons. The molecule has 100 valence electrons. The van der Waals surface area contributed by atoms with Gasteiger partial charge in [-0.1, -0.05) is 23.2 Å². The number of hydrogen-bond donors (Lipinski definition) is 1. The van der Waals surface area contributed by atoms with Gasteiger partial charge >= 0.3 is 0 Å². The molecule has 7 heteroatoms. The smallest absolute Gasteiger partial charge is 0.226 e. The molecule has 1 amide bonds. The molecular weight excluding hydrogens is 287 g/mol. The number of hydrogen-bond acceptors (Lipinski definition) is 3. The molecule has 1 aromatic carbocycles. The highest BCUT2D eigenvalue weighted by Gasteiger charge is 2.12. The minimum Gasteiger partial charge on any atom is -0.326 e. The standard InChI is InChI=1S/C12H12Cl2N4O/c1-8(18-7-15-6-16-18)2-12(19)17-11-4-9(13)3-10(14)5-11/h3-8H,2H2,1H3,(H,17,19). The highest BCUT2D eigenvalue weighted by atomic mass is 35.5. The van der Waals surface area contributed by atoms with Gasteiger partial charge in [-0.05, 0) is 25.1 Å². The number of anilines is 1. The van der Waals surface area contributed by atoms with Crippen molar-refractivity contribution < 1.29 is 4.79 Å². The highest BCUT2D eigenvalue weighted by molar-refractivity contribution is 6.35. The Morgan fingerprint density at radius 3 is 2.63 bits per heavy atom. The number of halogens is 2. The molecule has 2 rings (SSSR count). The van der Waals surface area contributed by atoms with Crippen molar-refractivity contribution in [2.75, 3.05) is 5.32 Å². The maximum Gasteiger partial charge on any atom is 0.226 e. The van der Waals surface area contributed by atoms with Crippen LogP contribution in [0.2, 0.25) is 10.0 Å². The summed E-state index contributed by atoms with van der Waals surface area (Å²) in [6.07, 6.45) is 3.30. The van der Waals surface area contributed by atoms with Gasteiger partial charge in [-0.3, -0.25) is 4.79 Å². The van der Waals surface area contributed by atoms with E-state index < -0.39 is 0 Å². The van der Waals surface area contributed by atoms with Crippen molar-refractivity contribution in [3.8, 4) is 0 Å². The van der Waals surface area contributed by atoms with Crippen LogP contribution in [0, 0.1) is 0 Å². The van der Waals surface area contributed by atoms with Gasteiger partial charge in [0.2, 0.25) is 5.91 Å². The molecule has 0 fully saturated rings. The molecule has 1 N–H and O–H groups in total. The van der Waals surface area contributed by atoms with E-state index in [1.165, 1.54) is 6.33 Å². The average Bonchev–Trinajstić information content (AvgIpc) is 2.80. The van der Waals surface area contributed by atoms with Gasteiger partial charge in [0.05, 0.1) is 6.04 Å². The molecule has 19 heavy (non-hydrogen) atoms. The fraction of sp³-hybridized carbons (Fsp3) is 0.250. The topological polar surface area (TPSA) is 59.8 Å². The third-order valence-corrected chi connectivity index (χ3v) is 2.95. The lowest BCUT2D eigenvalue weighted by molar-refractivity contribution is -0.116. The number of amides is 1. The van der Waals surface area contributed by atoms with Crippen LogP contribution in [0.5, 0.6) is 0 Å². The first-order chi connectivity index (χ1) is 9.04. The fourth-order valence-electron chi connectivity index (χ4n) is 1.64. The summed E-state index contributed by atoms with van der Waals surface area (Å²) in [7, 11) is 0. The minimum atomic E-state index is -0.138. The Morgan fingerprint density at radius 1 is 1.37 bits per heavy atom. The number of carbonyl (C=O) groups excluding carboxylic acids is 1. The maximum absolute atomic E-state index is 11.9. The minimum absolute atomic E-state index is 0.0721. The lowest BCUT2D eigenvalue weighted by atomic mass is 10.2. The van der Waals surface area contributed by atoms with E-state index in [2.05, 4.69) is 15.4 Å². The molecule has 0 aliphatic heterocycles. The van der Waals surface area contributed by atoms with Crippen molar-refractivity contribution in [2.24, 2.45) is 0 Å². The fourth-order valence-corrected chi connectivity index (χ4v) is 2.17. The number of nitrogens with one attached hydrogen (secondary N) is 1. The molecule has 1 aromatic heterocycles. The van der Waals surface area contributed by atoms with E-state index in [0.717, 1.165) is 0 Å². The van der Waals surface area contributed by atoms with Crippen molar-refractivity contribution in [2.45, 2.75) is 19.4 Å². The highest BCUT2D eigenvalue weighted by Crippen LogP contribution is 2.23. The van der Waals surface area contributed by atoms with Crippen LogP contribution in [0.1, 0.15) is 19.4 Å². The molecular formula is C12H12Cl2N4O. The predicted octanol–water partition coefficient (Wildman–Crippen LogP) is 3.17. The van der Waals surface area contributed by atoms with Crippen LogP contribution in [-0.2, 0) is 4.79 Å². The van der Waals surface area contributed by atoms with E-state index in [0.29, 0.717) is 15.7 Å². The largest absolute Gasteiger partial charge is 0.326 e. The molecule has 0 aliphatic carbocycles. The maximum atomic E-state index is 11.9. The van der Waals surface area contributed by atoms with Crippen LogP contribution in [0.15, 0.2) is 30.9 Å². The summed E-state index contributed by atoms with van der Waals surface area (Å²) in [4.78, 5) is 15.7. The van der Waals surface area contributed by atoms with Crippen molar-refractivity contribution >= 4 is 34.8 Å². The lowest BCUT2D eigenvalue weighted by Crippen LogP contribution is -2.17. The van der Waals surface area contributed by atoms with Gasteiger partial charge in [0.15, 0.2) is 0 Å². The van der Waals surface area contributed by atoms with Crippen LogP contribution in [0.4, 0.5) is 5.69 Å². The number of carbonyl (C=O) groups is 1. The van der Waals surface area contributed by atoms with Gasteiger partial charge in [-0.25, -0.2) is 9.67 Å². The van der Waals surface area contributed by atoms with Gasteiger partial charge in [-0.2, -0.15) is 5.10 Å². The first-order valence-electron chi connectivity index (χ1n) is 5.64. The molecule has 0 spiro atoms. The summed E-state index contributed by atoms with van der Waals surface area (Å²) in [5, 5.41) is 7.69. The van der Waals surface area contributed by atoms with Crippen LogP contribution in [0.25, 0.3) is 0 Å². The van der Waals surface area contributed by atoms with Gasteiger partial charge in [0.1, 0.15) is 12.7 Å². The Balaban J connectivity index is 1.97. The van der Waals surface area contributed by atoms with Crippen LogP contribution < -0.4 is 5.32 Å². The van der Waals surface area contributed by atoms with E-state index >= 15 is 0 Å². The Morgan fingerprint density at radius 2 is 2.05 bits per heavy atom. The van der Waals surface area contributed by atoms with Crippen LogP contribution in [0.3, 0.4) is 0 Å². The number of aromatic nitrogens is 3. The molecule has 1 atom stereocenters. The Hall–Kier alpha value is -1.59. The van der Waals surface area contributed by atoms with E-state index in [1.54, 1.807) is 29.2 Å². The van der Waals surface area contributed by atoms with Crippen molar-refractivity contribution in [3.05, 3.63) is 40.9 Å². The second-order valence-corrected chi connectivity index (χ2v) is 5.01. The summed E-state index contributed by atoms with van der Waals surface area (Å²) >= 11 is 11.7. The molecule has 0 saturated carbocycles. The van der Waals surface area contributed by atoms with E-state index in [-0.39, 0.29) is 18.4 Å². The van der Waals surface area contributed by atoms with E-state index in [1.807, 2.05) is 6.92 Å². The average molecular weight is 299 g/mol. The number of benzene rings is 1. The molecule has 5 nitrogen and oxygen atoms in total. The van der Waals surface area contributed by atoms with Gasteiger partial charge in [0, 0.05) is 22.2 Å². The molecule has 0 bridgehead atoms. The molecule has 1 heterocycles. The quantitative estimate of drug-likeness (QED) is 0.943. The Bertz CT molecular complexity index is 551. The lowest BCUT2D eigenvalue weighted by Gasteiger charge is -2.11. The van der Waals surface area contributed by atoms with Crippen LogP contribution >= 0.6 is 23.2 Å². The second-order valence-electron chi connectivity index (χ2n) is 4.13. The number of nitrogens with zero attached hydrogens (tertiary/aromatic N) is 3. The first-order valence-corrected chi connectivity index (χ1v) is 6.40. The Kier molecular flexibility index (Phi) is 4.39. The van der Waals surface area contributed by atoms with Crippen molar-refractivity contribution in [1.29, 1.82) is 0 Å². The molecule has 2 aromatic rings. The van der Waals surface area contributed by atoms with Crippen molar-refractivity contribution in [3.63, 3.8) is 0 Å². The van der Waals surface area contributed by atoms with E-state index in [9.17, 15) is 4.79 Å². The molecule has 0 saturated heterocycles. The second kappa shape index (κ2) is 6.04. The van der Waals surface area contributed by atoms with E-state index in [4.69, 9.17) is 23.2 Å². The summed E-state index contributed by atoms with van der Waals surface area (Å²) in [6, 6.07) is 4.82. The van der Waals surface area contributed by atoms with Gasteiger partial charge in [0.25, 0.3) is 0 Å². The summed E-state index contributed by atoms with van der Waals surface area (Å²) in [5.41, 5.74) is 0.577. The zero-order valence-electron chi connectivity index (χ0n) is 10.2. The van der Waals surface area contributed by atoms with Gasteiger partial charge < -0.3 is 5.32 Å². The SMILES string of the molecule is CC(CC(=O)Nc1cc(Cl)cc(Cl)c1)n1cncn1. The molecule has 1 unspecified atom stereocenters. The third kappa shape index (κ3) is 3.94. The number of rotatable bonds is 4. The third-order valence-electron chi connectivity index (χ3n) is 2.52. The zero-order valence-corrected chi connectivity index (χ0v) is 11.7. The Labute approximate surface area is 120 Å². The zero-order chi connectivity index (χ0) is 13.8. The monoisotopic (exact) mass is 298 g/mol. The van der Waals surface area contributed by atoms with Gasteiger partial charge in [-0.15, -0.1) is 0 Å². The summed E-state index contributed by atoms with van der Waals surface area (Å²) in [6.45, 7) is 1.89. The predicted molar refractivity (Wildman–Crippen MR) is 74.4 cm³/mol. The summed E-state index contributed by atoms with van der Waals surface area (Å²) in [5.74, 6) is -0.138.